The Hall–Kier alpha value is -0.790. The summed E-state index contributed by atoms with van der Waals surface area (Å²) in [5.41, 5.74) is 0. The van der Waals surface area contributed by atoms with Gasteiger partial charge in [-0.3, -0.25) is 4.79 Å². The van der Waals surface area contributed by atoms with Crippen molar-refractivity contribution >= 4 is 6.47 Å². The zero-order valence-electron chi connectivity index (χ0n) is 14.2. The van der Waals surface area contributed by atoms with Crippen LogP contribution in [-0.4, -0.2) is 13.1 Å². The van der Waals surface area contributed by atoms with Crippen LogP contribution < -0.4 is 0 Å². The first-order chi connectivity index (χ1) is 10.4. The quantitative estimate of drug-likeness (QED) is 0.181. The molecule has 0 aromatic carbocycles. The molecule has 0 aromatic rings. The molecule has 0 radical (unpaired) electrons. The molecule has 0 bridgehead atoms. The van der Waals surface area contributed by atoms with Crippen molar-refractivity contribution in [3.05, 3.63) is 12.2 Å². The van der Waals surface area contributed by atoms with Crippen molar-refractivity contribution in [1.82, 2.24) is 0 Å². The molecular weight excluding hydrogens is 260 g/mol. The molecule has 0 amide bonds. The van der Waals surface area contributed by atoms with Crippen molar-refractivity contribution in [3.63, 3.8) is 0 Å². The van der Waals surface area contributed by atoms with Gasteiger partial charge in [0.25, 0.3) is 6.47 Å². The van der Waals surface area contributed by atoms with Gasteiger partial charge in [-0.05, 0) is 32.1 Å². The van der Waals surface area contributed by atoms with E-state index in [4.69, 9.17) is 0 Å². The van der Waals surface area contributed by atoms with Crippen molar-refractivity contribution in [2.24, 2.45) is 0 Å². The monoisotopic (exact) mass is 296 g/mol. The summed E-state index contributed by atoms with van der Waals surface area (Å²) >= 11 is 0. The number of rotatable bonds is 17. The third kappa shape index (κ3) is 19.2. The molecule has 0 aliphatic heterocycles. The molecule has 0 aliphatic carbocycles. The molecule has 0 saturated heterocycles. The number of hydrogen-bond acceptors (Lipinski definition) is 2. The van der Waals surface area contributed by atoms with E-state index >= 15 is 0 Å². The molecule has 2 nitrogen and oxygen atoms in total. The van der Waals surface area contributed by atoms with E-state index in [-0.39, 0.29) is 0 Å². The van der Waals surface area contributed by atoms with Gasteiger partial charge in [0, 0.05) is 0 Å². The molecule has 0 saturated carbocycles. The zero-order valence-corrected chi connectivity index (χ0v) is 14.2. The van der Waals surface area contributed by atoms with Gasteiger partial charge in [-0.15, -0.1) is 0 Å². The van der Waals surface area contributed by atoms with E-state index in [1.165, 1.54) is 83.5 Å². The van der Waals surface area contributed by atoms with Gasteiger partial charge < -0.3 is 4.74 Å². The number of allylic oxidation sites excluding steroid dienone is 2. The molecule has 0 unspecified atom stereocenters. The van der Waals surface area contributed by atoms with Crippen molar-refractivity contribution in [3.8, 4) is 0 Å². The van der Waals surface area contributed by atoms with Crippen LogP contribution in [0.5, 0.6) is 0 Å². The van der Waals surface area contributed by atoms with Gasteiger partial charge in [-0.1, -0.05) is 76.9 Å². The molecule has 124 valence electrons. The van der Waals surface area contributed by atoms with Crippen molar-refractivity contribution in [2.75, 3.05) is 6.61 Å². The number of unbranched alkanes of at least 4 members (excludes halogenated alkanes) is 12. The summed E-state index contributed by atoms with van der Waals surface area (Å²) in [5.74, 6) is 0. The van der Waals surface area contributed by atoms with E-state index in [0.717, 1.165) is 6.42 Å². The largest absolute Gasteiger partial charge is 0.468 e. The average molecular weight is 296 g/mol. The second-order valence-electron chi connectivity index (χ2n) is 5.90. The molecule has 0 fully saturated rings. The summed E-state index contributed by atoms with van der Waals surface area (Å²) in [5, 5.41) is 0. The van der Waals surface area contributed by atoms with Crippen LogP contribution in [-0.2, 0) is 9.53 Å². The van der Waals surface area contributed by atoms with Gasteiger partial charge in [0.1, 0.15) is 0 Å². The predicted molar refractivity (Wildman–Crippen MR) is 91.5 cm³/mol. The SMILES string of the molecule is CCCCCCCC/C=C\CCCCCCCCOC=O. The Bertz CT molecular complexity index is 224. The van der Waals surface area contributed by atoms with Gasteiger partial charge in [0.05, 0.1) is 6.61 Å². The first-order valence-corrected chi connectivity index (χ1v) is 9.12. The first-order valence-electron chi connectivity index (χ1n) is 9.12. The fourth-order valence-corrected chi connectivity index (χ4v) is 2.48. The van der Waals surface area contributed by atoms with E-state index < -0.39 is 0 Å². The Balaban J connectivity index is 3.03. The van der Waals surface area contributed by atoms with E-state index in [1.54, 1.807) is 0 Å². The van der Waals surface area contributed by atoms with Crippen LogP contribution >= 0.6 is 0 Å². The fraction of sp³-hybridized carbons (Fsp3) is 0.842. The Morgan fingerprint density at radius 2 is 1.14 bits per heavy atom. The van der Waals surface area contributed by atoms with Gasteiger partial charge >= 0.3 is 0 Å². The normalized spacial score (nSPS) is 11.1. The van der Waals surface area contributed by atoms with Gasteiger partial charge in [0.15, 0.2) is 0 Å². The van der Waals surface area contributed by atoms with E-state index in [0.29, 0.717) is 13.1 Å². The molecule has 0 N–H and O–H groups in total. The summed E-state index contributed by atoms with van der Waals surface area (Å²) < 4.78 is 4.66. The van der Waals surface area contributed by atoms with Crippen LogP contribution in [0, 0.1) is 0 Å². The molecule has 0 atom stereocenters. The highest BCUT2D eigenvalue weighted by atomic mass is 16.5. The lowest BCUT2D eigenvalue weighted by molar-refractivity contribution is -0.128. The highest BCUT2D eigenvalue weighted by Gasteiger charge is 1.91. The van der Waals surface area contributed by atoms with Gasteiger partial charge in [0.2, 0.25) is 0 Å². The molecular formula is C19H36O2. The highest BCUT2D eigenvalue weighted by molar-refractivity contribution is 5.36. The standard InChI is InChI=1S/C19H36O2/c1-2-3-4-5-6-7-8-9-10-11-12-13-14-15-16-17-18-21-19-20/h9-10,19H,2-8,11-18H2,1H3/b10-9-. The molecule has 0 spiro atoms. The maximum atomic E-state index is 9.94. The fourth-order valence-electron chi connectivity index (χ4n) is 2.48. The van der Waals surface area contributed by atoms with Crippen molar-refractivity contribution in [1.29, 1.82) is 0 Å². The summed E-state index contributed by atoms with van der Waals surface area (Å²) in [6, 6.07) is 0. The Morgan fingerprint density at radius 3 is 1.67 bits per heavy atom. The highest BCUT2D eigenvalue weighted by Crippen LogP contribution is 2.09. The third-order valence-electron chi connectivity index (χ3n) is 3.84. The Morgan fingerprint density at radius 1 is 0.667 bits per heavy atom. The van der Waals surface area contributed by atoms with Gasteiger partial charge in [-0.2, -0.15) is 0 Å². The third-order valence-corrected chi connectivity index (χ3v) is 3.84. The van der Waals surface area contributed by atoms with Crippen LogP contribution in [0.3, 0.4) is 0 Å². The lowest BCUT2D eigenvalue weighted by Gasteiger charge is -2.00. The predicted octanol–water partition coefficient (Wildman–Crippen LogP) is 6.20. The van der Waals surface area contributed by atoms with E-state index in [9.17, 15) is 4.79 Å². The minimum absolute atomic E-state index is 0.539. The molecule has 2 heteroatoms. The molecule has 0 heterocycles. The maximum Gasteiger partial charge on any atom is 0.293 e. The maximum absolute atomic E-state index is 9.94. The molecule has 0 aliphatic rings. The minimum atomic E-state index is 0.539. The molecule has 0 aromatic heterocycles. The number of ether oxygens (including phenoxy) is 1. The van der Waals surface area contributed by atoms with Crippen LogP contribution in [0.4, 0.5) is 0 Å². The smallest absolute Gasteiger partial charge is 0.293 e. The Labute approximate surface area is 132 Å². The topological polar surface area (TPSA) is 26.3 Å². The zero-order chi connectivity index (χ0) is 15.4. The minimum Gasteiger partial charge on any atom is -0.468 e. The van der Waals surface area contributed by atoms with Crippen LogP contribution in [0.2, 0.25) is 0 Å². The van der Waals surface area contributed by atoms with Crippen molar-refractivity contribution in [2.45, 2.75) is 96.8 Å². The van der Waals surface area contributed by atoms with Gasteiger partial charge in [-0.25, -0.2) is 0 Å². The summed E-state index contributed by atoms with van der Waals surface area (Å²) in [7, 11) is 0. The van der Waals surface area contributed by atoms with Crippen molar-refractivity contribution < 1.29 is 9.53 Å². The first kappa shape index (κ1) is 20.2. The van der Waals surface area contributed by atoms with Crippen LogP contribution in [0.1, 0.15) is 96.8 Å². The number of carbonyl (C=O) groups excluding carboxylic acids is 1. The second kappa shape index (κ2) is 19.2. The summed E-state index contributed by atoms with van der Waals surface area (Å²) in [4.78, 5) is 9.94. The lowest BCUT2D eigenvalue weighted by atomic mass is 10.1. The van der Waals surface area contributed by atoms with E-state index in [1.807, 2.05) is 0 Å². The average Bonchev–Trinajstić information content (AvgIpc) is 2.50. The molecule has 0 rings (SSSR count). The summed E-state index contributed by atoms with van der Waals surface area (Å²) in [6.07, 6.45) is 23.0. The second-order valence-corrected chi connectivity index (χ2v) is 5.90. The van der Waals surface area contributed by atoms with E-state index in [2.05, 4.69) is 23.8 Å². The number of hydrogen-bond donors (Lipinski definition) is 0. The lowest BCUT2D eigenvalue weighted by Crippen LogP contribution is -1.91. The van der Waals surface area contributed by atoms with Crippen LogP contribution in [0.15, 0.2) is 12.2 Å². The van der Waals surface area contributed by atoms with Crippen LogP contribution in [0.25, 0.3) is 0 Å². The Kier molecular flexibility index (Phi) is 18.5. The summed E-state index contributed by atoms with van der Waals surface area (Å²) in [6.45, 7) is 3.40. The number of carbonyl (C=O) groups is 1. The molecule has 21 heavy (non-hydrogen) atoms.